The Labute approximate surface area is 93.9 Å². The van der Waals surface area contributed by atoms with Gasteiger partial charge in [-0.05, 0) is 32.1 Å². The van der Waals surface area contributed by atoms with Crippen LogP contribution in [0.15, 0.2) is 28.4 Å². The third-order valence-corrected chi connectivity index (χ3v) is 1.95. The maximum absolute atomic E-state index is 11.3. The van der Waals surface area contributed by atoms with Crippen LogP contribution in [0.3, 0.4) is 0 Å². The quantitative estimate of drug-likeness (QED) is 0.566. The molecular formula is C12H14O4. The predicted octanol–water partition coefficient (Wildman–Crippen LogP) is 2.21. The predicted molar refractivity (Wildman–Crippen MR) is 58.6 cm³/mol. The van der Waals surface area contributed by atoms with E-state index >= 15 is 0 Å². The van der Waals surface area contributed by atoms with Crippen LogP contribution in [0.1, 0.15) is 26.0 Å². The minimum absolute atomic E-state index is 0.0239. The summed E-state index contributed by atoms with van der Waals surface area (Å²) in [7, 11) is 0. The first kappa shape index (κ1) is 12.2. The molecule has 0 radical (unpaired) electrons. The van der Waals surface area contributed by atoms with Gasteiger partial charge in [0.1, 0.15) is 5.76 Å². The van der Waals surface area contributed by atoms with Crippen LogP contribution in [0, 0.1) is 0 Å². The second kappa shape index (κ2) is 5.90. The van der Waals surface area contributed by atoms with Gasteiger partial charge < -0.3 is 9.15 Å². The fourth-order valence-corrected chi connectivity index (χ4v) is 1.19. The Morgan fingerprint density at radius 1 is 1.50 bits per heavy atom. The van der Waals surface area contributed by atoms with Crippen LogP contribution in [0.4, 0.5) is 0 Å². The monoisotopic (exact) mass is 222 g/mol. The van der Waals surface area contributed by atoms with Gasteiger partial charge in [-0.25, -0.2) is 0 Å². The zero-order chi connectivity index (χ0) is 12.0. The number of carbonyl (C=O) groups is 2. The highest BCUT2D eigenvalue weighted by Gasteiger charge is 2.11. The summed E-state index contributed by atoms with van der Waals surface area (Å²) in [5.41, 5.74) is 0.383. The molecule has 1 aromatic heterocycles. The van der Waals surface area contributed by atoms with Crippen LogP contribution >= 0.6 is 0 Å². The van der Waals surface area contributed by atoms with Gasteiger partial charge in [0.05, 0.1) is 19.3 Å². The van der Waals surface area contributed by atoms with E-state index in [1.54, 1.807) is 25.1 Å². The fraction of sp³-hybridized carbons (Fsp3) is 0.333. The second-order valence-electron chi connectivity index (χ2n) is 3.22. The van der Waals surface area contributed by atoms with Crippen molar-refractivity contribution in [3.05, 3.63) is 29.7 Å². The van der Waals surface area contributed by atoms with Gasteiger partial charge in [-0.3, -0.25) is 9.59 Å². The van der Waals surface area contributed by atoms with E-state index in [9.17, 15) is 9.59 Å². The highest BCUT2D eigenvalue weighted by atomic mass is 16.5. The molecule has 0 atom stereocenters. The number of esters is 1. The zero-order valence-electron chi connectivity index (χ0n) is 9.36. The van der Waals surface area contributed by atoms with Gasteiger partial charge >= 0.3 is 5.97 Å². The topological polar surface area (TPSA) is 56.5 Å². The SMILES string of the molecule is CCOC(=O)CC(=Cc1ccco1)C(C)=O. The lowest BCUT2D eigenvalue weighted by atomic mass is 10.1. The first-order chi connectivity index (χ1) is 7.63. The molecule has 0 spiro atoms. The third-order valence-electron chi connectivity index (χ3n) is 1.95. The molecule has 4 heteroatoms. The van der Waals surface area contributed by atoms with E-state index in [1.807, 2.05) is 0 Å². The van der Waals surface area contributed by atoms with Crippen LogP contribution < -0.4 is 0 Å². The summed E-state index contributed by atoms with van der Waals surface area (Å²) >= 11 is 0. The van der Waals surface area contributed by atoms with Crippen LogP contribution in [0.2, 0.25) is 0 Å². The first-order valence-corrected chi connectivity index (χ1v) is 5.04. The molecule has 0 aliphatic carbocycles. The smallest absolute Gasteiger partial charge is 0.310 e. The summed E-state index contributed by atoms with van der Waals surface area (Å²) in [4.78, 5) is 22.5. The molecule has 4 nitrogen and oxygen atoms in total. The van der Waals surface area contributed by atoms with Crippen LogP contribution in [0.25, 0.3) is 6.08 Å². The third kappa shape index (κ3) is 3.73. The molecular weight excluding hydrogens is 208 g/mol. The van der Waals surface area contributed by atoms with Gasteiger partial charge in [0.25, 0.3) is 0 Å². The largest absolute Gasteiger partial charge is 0.466 e. The highest BCUT2D eigenvalue weighted by Crippen LogP contribution is 2.12. The number of carbonyl (C=O) groups excluding carboxylic acids is 2. The van der Waals surface area contributed by atoms with Crippen LogP contribution in [-0.4, -0.2) is 18.4 Å². The van der Waals surface area contributed by atoms with Crippen molar-refractivity contribution in [2.24, 2.45) is 0 Å². The highest BCUT2D eigenvalue weighted by molar-refractivity contribution is 6.01. The lowest BCUT2D eigenvalue weighted by Crippen LogP contribution is -2.08. The summed E-state index contributed by atoms with van der Waals surface area (Å²) in [6, 6.07) is 3.43. The van der Waals surface area contributed by atoms with E-state index in [0.717, 1.165) is 0 Å². The van der Waals surface area contributed by atoms with Crippen molar-refractivity contribution in [1.29, 1.82) is 0 Å². The fourth-order valence-electron chi connectivity index (χ4n) is 1.19. The van der Waals surface area contributed by atoms with Crippen molar-refractivity contribution in [1.82, 2.24) is 0 Å². The number of hydrogen-bond acceptors (Lipinski definition) is 4. The van der Waals surface area contributed by atoms with Crippen molar-refractivity contribution < 1.29 is 18.7 Å². The van der Waals surface area contributed by atoms with Gasteiger partial charge in [0, 0.05) is 5.57 Å². The number of rotatable bonds is 5. The van der Waals surface area contributed by atoms with Gasteiger partial charge in [0.2, 0.25) is 0 Å². The molecule has 0 fully saturated rings. The van der Waals surface area contributed by atoms with Crippen molar-refractivity contribution in [2.75, 3.05) is 6.61 Å². The molecule has 0 saturated carbocycles. The van der Waals surface area contributed by atoms with E-state index in [1.165, 1.54) is 13.2 Å². The molecule has 0 saturated heterocycles. The molecule has 0 aromatic carbocycles. The Bertz CT molecular complexity index is 387. The van der Waals surface area contributed by atoms with Gasteiger partial charge in [-0.15, -0.1) is 0 Å². The summed E-state index contributed by atoms with van der Waals surface area (Å²) in [6.45, 7) is 3.44. The van der Waals surface area contributed by atoms with Crippen molar-refractivity contribution in [3.8, 4) is 0 Å². The summed E-state index contributed by atoms with van der Waals surface area (Å²) < 4.78 is 9.85. The molecule has 0 aliphatic heterocycles. The van der Waals surface area contributed by atoms with E-state index < -0.39 is 5.97 Å². The Hall–Kier alpha value is -1.84. The molecule has 1 aromatic rings. The minimum atomic E-state index is -0.407. The van der Waals surface area contributed by atoms with Crippen LogP contribution in [0.5, 0.6) is 0 Å². The van der Waals surface area contributed by atoms with Crippen molar-refractivity contribution in [2.45, 2.75) is 20.3 Å². The zero-order valence-corrected chi connectivity index (χ0v) is 9.36. The maximum Gasteiger partial charge on any atom is 0.310 e. The Morgan fingerprint density at radius 2 is 2.25 bits per heavy atom. The molecule has 1 heterocycles. The van der Waals surface area contributed by atoms with E-state index in [-0.39, 0.29) is 12.2 Å². The van der Waals surface area contributed by atoms with E-state index in [2.05, 4.69) is 0 Å². The van der Waals surface area contributed by atoms with Crippen molar-refractivity contribution in [3.63, 3.8) is 0 Å². The van der Waals surface area contributed by atoms with Gasteiger partial charge in [0.15, 0.2) is 5.78 Å². The second-order valence-corrected chi connectivity index (χ2v) is 3.22. The standard InChI is InChI=1S/C12H14O4/c1-3-15-12(14)8-10(9(2)13)7-11-5-4-6-16-11/h4-7H,3,8H2,1-2H3. The number of ketones is 1. The van der Waals surface area contributed by atoms with Crippen molar-refractivity contribution >= 4 is 17.8 Å². The average Bonchev–Trinajstić information content (AvgIpc) is 2.69. The van der Waals surface area contributed by atoms with Gasteiger partial charge in [-0.1, -0.05) is 0 Å². The maximum atomic E-state index is 11.3. The molecule has 0 N–H and O–H groups in total. The van der Waals surface area contributed by atoms with Crippen LogP contribution in [-0.2, 0) is 14.3 Å². The molecule has 16 heavy (non-hydrogen) atoms. The number of hydrogen-bond donors (Lipinski definition) is 0. The normalized spacial score (nSPS) is 11.2. The molecule has 0 amide bonds. The van der Waals surface area contributed by atoms with E-state index in [0.29, 0.717) is 17.9 Å². The number of furan rings is 1. The molecule has 1 rings (SSSR count). The summed E-state index contributed by atoms with van der Waals surface area (Å²) in [5.74, 6) is -0.0190. The molecule has 0 aliphatic rings. The lowest BCUT2D eigenvalue weighted by molar-refractivity contribution is -0.142. The summed E-state index contributed by atoms with van der Waals surface area (Å²) in [5, 5.41) is 0. The molecule has 0 bridgehead atoms. The molecule has 86 valence electrons. The summed E-state index contributed by atoms with van der Waals surface area (Å²) in [6.07, 6.45) is 3.04. The lowest BCUT2D eigenvalue weighted by Gasteiger charge is -2.03. The Morgan fingerprint density at radius 3 is 2.75 bits per heavy atom. The molecule has 0 unspecified atom stereocenters. The van der Waals surface area contributed by atoms with E-state index in [4.69, 9.17) is 9.15 Å². The van der Waals surface area contributed by atoms with Gasteiger partial charge in [-0.2, -0.15) is 0 Å². The number of Topliss-reactive ketones (excluding diaryl/α,β-unsaturated/α-hetero) is 1. The first-order valence-electron chi connectivity index (χ1n) is 5.04. The Balaban J connectivity index is 2.76. The number of ether oxygens (including phenoxy) is 1. The Kier molecular flexibility index (Phi) is 4.51. The minimum Gasteiger partial charge on any atom is -0.466 e. The average molecular weight is 222 g/mol.